The van der Waals surface area contributed by atoms with Crippen LogP contribution in [0.1, 0.15) is 23.1 Å². The lowest BCUT2D eigenvalue weighted by Crippen LogP contribution is -2.11. The van der Waals surface area contributed by atoms with Gasteiger partial charge in [0.2, 0.25) is 0 Å². The summed E-state index contributed by atoms with van der Waals surface area (Å²) >= 11 is 0. The van der Waals surface area contributed by atoms with Crippen molar-refractivity contribution in [1.82, 2.24) is 0 Å². The Morgan fingerprint density at radius 1 is 0.889 bits per heavy atom. The third kappa shape index (κ3) is 2.13. The molecule has 3 rings (SSSR count). The highest BCUT2D eigenvalue weighted by Crippen LogP contribution is 2.29. The summed E-state index contributed by atoms with van der Waals surface area (Å²) in [5, 5.41) is 3.46. The first-order valence-electron chi connectivity index (χ1n) is 6.68. The summed E-state index contributed by atoms with van der Waals surface area (Å²) in [5.74, 6) is 0. The van der Waals surface area contributed by atoms with Crippen LogP contribution in [-0.2, 0) is 6.42 Å². The SMILES string of the molecule is Cc1cc(C)cc(-c2ccc3c(c2)CCCN3)c1. The molecule has 2 aromatic rings. The van der Waals surface area contributed by atoms with Gasteiger partial charge < -0.3 is 5.32 Å². The highest BCUT2D eigenvalue weighted by molar-refractivity contribution is 5.70. The molecule has 0 bridgehead atoms. The second-order valence-electron chi connectivity index (χ2n) is 5.28. The maximum Gasteiger partial charge on any atom is 0.0373 e. The quantitative estimate of drug-likeness (QED) is 0.778. The van der Waals surface area contributed by atoms with Crippen LogP contribution in [0.4, 0.5) is 5.69 Å². The molecule has 0 unspecified atom stereocenters. The normalized spacial score (nSPS) is 13.9. The highest BCUT2D eigenvalue weighted by Gasteiger charge is 2.09. The molecule has 92 valence electrons. The molecule has 1 heteroatoms. The van der Waals surface area contributed by atoms with E-state index in [-0.39, 0.29) is 0 Å². The molecule has 2 aromatic carbocycles. The van der Waals surface area contributed by atoms with Gasteiger partial charge >= 0.3 is 0 Å². The van der Waals surface area contributed by atoms with Gasteiger partial charge in [0, 0.05) is 12.2 Å². The predicted octanol–water partition coefficient (Wildman–Crippen LogP) is 4.33. The Morgan fingerprint density at radius 2 is 1.67 bits per heavy atom. The summed E-state index contributed by atoms with van der Waals surface area (Å²) in [4.78, 5) is 0. The third-order valence-electron chi connectivity index (χ3n) is 3.60. The van der Waals surface area contributed by atoms with Crippen molar-refractivity contribution in [3.63, 3.8) is 0 Å². The zero-order valence-corrected chi connectivity index (χ0v) is 11.1. The largest absolute Gasteiger partial charge is 0.385 e. The fourth-order valence-electron chi connectivity index (χ4n) is 2.80. The molecule has 0 spiro atoms. The van der Waals surface area contributed by atoms with Crippen LogP contribution in [0.2, 0.25) is 0 Å². The molecule has 1 N–H and O–H groups in total. The van der Waals surface area contributed by atoms with Crippen LogP contribution < -0.4 is 5.32 Å². The number of benzene rings is 2. The van der Waals surface area contributed by atoms with E-state index in [1.165, 1.54) is 46.3 Å². The zero-order valence-electron chi connectivity index (χ0n) is 11.1. The lowest BCUT2D eigenvalue weighted by atomic mass is 9.95. The minimum absolute atomic E-state index is 1.11. The van der Waals surface area contributed by atoms with Gasteiger partial charge in [-0.15, -0.1) is 0 Å². The molecule has 0 atom stereocenters. The Morgan fingerprint density at radius 3 is 2.44 bits per heavy atom. The van der Waals surface area contributed by atoms with E-state index in [0.717, 1.165) is 6.54 Å². The van der Waals surface area contributed by atoms with Crippen LogP contribution in [0.15, 0.2) is 36.4 Å². The second-order valence-corrected chi connectivity index (χ2v) is 5.28. The van der Waals surface area contributed by atoms with Crippen LogP contribution in [0.3, 0.4) is 0 Å². The van der Waals surface area contributed by atoms with Crippen molar-refractivity contribution >= 4 is 5.69 Å². The van der Waals surface area contributed by atoms with E-state index in [2.05, 4.69) is 55.6 Å². The Labute approximate surface area is 109 Å². The number of hydrogen-bond acceptors (Lipinski definition) is 1. The van der Waals surface area contributed by atoms with Gasteiger partial charge in [0.25, 0.3) is 0 Å². The summed E-state index contributed by atoms with van der Waals surface area (Å²) in [6.45, 7) is 5.43. The van der Waals surface area contributed by atoms with Gasteiger partial charge in [0.15, 0.2) is 0 Å². The fourth-order valence-corrected chi connectivity index (χ4v) is 2.80. The Bertz CT molecular complexity index is 564. The van der Waals surface area contributed by atoms with Gasteiger partial charge in [-0.05, 0) is 55.5 Å². The first-order chi connectivity index (χ1) is 8.72. The predicted molar refractivity (Wildman–Crippen MR) is 78.2 cm³/mol. The molecule has 1 nitrogen and oxygen atoms in total. The van der Waals surface area contributed by atoms with Gasteiger partial charge in [-0.1, -0.05) is 35.4 Å². The highest BCUT2D eigenvalue weighted by atomic mass is 14.9. The minimum Gasteiger partial charge on any atom is -0.385 e. The Kier molecular flexibility index (Phi) is 2.83. The van der Waals surface area contributed by atoms with Crippen molar-refractivity contribution in [2.45, 2.75) is 26.7 Å². The summed E-state index contributed by atoms with van der Waals surface area (Å²) in [7, 11) is 0. The molecule has 1 aliphatic heterocycles. The summed E-state index contributed by atoms with van der Waals surface area (Å²) < 4.78 is 0. The number of rotatable bonds is 1. The van der Waals surface area contributed by atoms with Gasteiger partial charge in [0.05, 0.1) is 0 Å². The molecule has 1 heterocycles. The molecule has 18 heavy (non-hydrogen) atoms. The van der Waals surface area contributed by atoms with Crippen molar-refractivity contribution < 1.29 is 0 Å². The average molecular weight is 237 g/mol. The van der Waals surface area contributed by atoms with E-state index in [1.807, 2.05) is 0 Å². The zero-order chi connectivity index (χ0) is 12.5. The first-order valence-corrected chi connectivity index (χ1v) is 6.68. The molecule has 1 aliphatic rings. The van der Waals surface area contributed by atoms with Crippen LogP contribution >= 0.6 is 0 Å². The van der Waals surface area contributed by atoms with E-state index in [0.29, 0.717) is 0 Å². The van der Waals surface area contributed by atoms with Crippen molar-refractivity contribution in [2.75, 3.05) is 11.9 Å². The Hall–Kier alpha value is -1.76. The smallest absolute Gasteiger partial charge is 0.0373 e. The van der Waals surface area contributed by atoms with Gasteiger partial charge in [0.1, 0.15) is 0 Å². The topological polar surface area (TPSA) is 12.0 Å². The average Bonchev–Trinajstić information content (AvgIpc) is 2.37. The standard InChI is InChI=1S/C17H19N/c1-12-8-13(2)10-16(9-12)14-5-6-17-15(11-14)4-3-7-18-17/h5-6,8-11,18H,3-4,7H2,1-2H3. The summed E-state index contributed by atoms with van der Waals surface area (Å²) in [5.41, 5.74) is 8.11. The first kappa shape index (κ1) is 11.3. The molecule has 0 aromatic heterocycles. The van der Waals surface area contributed by atoms with E-state index in [1.54, 1.807) is 0 Å². The van der Waals surface area contributed by atoms with Gasteiger partial charge in [-0.3, -0.25) is 0 Å². The number of fused-ring (bicyclic) bond motifs is 1. The number of anilines is 1. The minimum atomic E-state index is 1.11. The van der Waals surface area contributed by atoms with Crippen LogP contribution in [0.5, 0.6) is 0 Å². The van der Waals surface area contributed by atoms with Crippen molar-refractivity contribution in [3.8, 4) is 11.1 Å². The van der Waals surface area contributed by atoms with Crippen LogP contribution in [0, 0.1) is 13.8 Å². The number of hydrogen-bond donors (Lipinski definition) is 1. The van der Waals surface area contributed by atoms with Gasteiger partial charge in [-0.2, -0.15) is 0 Å². The molecular weight excluding hydrogens is 218 g/mol. The van der Waals surface area contributed by atoms with Crippen LogP contribution in [-0.4, -0.2) is 6.54 Å². The molecular formula is C17H19N. The Balaban J connectivity index is 2.06. The lowest BCUT2D eigenvalue weighted by Gasteiger charge is -2.19. The van der Waals surface area contributed by atoms with E-state index in [4.69, 9.17) is 0 Å². The van der Waals surface area contributed by atoms with Gasteiger partial charge in [-0.25, -0.2) is 0 Å². The molecule has 0 fully saturated rings. The second kappa shape index (κ2) is 4.49. The molecule has 0 amide bonds. The van der Waals surface area contributed by atoms with Crippen molar-refractivity contribution in [2.24, 2.45) is 0 Å². The maximum atomic E-state index is 3.46. The molecule has 0 radical (unpaired) electrons. The monoisotopic (exact) mass is 237 g/mol. The number of aryl methyl sites for hydroxylation is 3. The summed E-state index contributed by atoms with van der Waals surface area (Å²) in [6.07, 6.45) is 2.43. The van der Waals surface area contributed by atoms with E-state index >= 15 is 0 Å². The molecule has 0 saturated heterocycles. The van der Waals surface area contributed by atoms with E-state index < -0.39 is 0 Å². The lowest BCUT2D eigenvalue weighted by molar-refractivity contribution is 0.830. The maximum absolute atomic E-state index is 3.46. The van der Waals surface area contributed by atoms with Crippen molar-refractivity contribution in [3.05, 3.63) is 53.1 Å². The molecule has 0 aliphatic carbocycles. The molecule has 0 saturated carbocycles. The summed E-state index contributed by atoms with van der Waals surface area (Å²) in [6, 6.07) is 13.6. The third-order valence-corrected chi connectivity index (χ3v) is 3.60. The van der Waals surface area contributed by atoms with E-state index in [9.17, 15) is 0 Å². The fraction of sp³-hybridized carbons (Fsp3) is 0.294. The number of nitrogens with one attached hydrogen (secondary N) is 1. The van der Waals surface area contributed by atoms with Crippen LogP contribution in [0.25, 0.3) is 11.1 Å². The van der Waals surface area contributed by atoms with Crippen molar-refractivity contribution in [1.29, 1.82) is 0 Å².